The SMILES string of the molecule is C=C(C)C(=O)OCCCc1cc(-c2ccc(-c3ccc(-c4ccc(CCCCC)cc4)cc3)cc2CC)ccc1OCCC(C)(CO)CO. The largest absolute Gasteiger partial charge is 0.493 e. The third kappa shape index (κ3) is 10.6. The van der Waals surface area contributed by atoms with Crippen molar-refractivity contribution in [2.24, 2.45) is 5.41 Å². The molecule has 0 amide bonds. The molecule has 0 heterocycles. The molecule has 0 unspecified atom stereocenters. The van der Waals surface area contributed by atoms with E-state index in [1.165, 1.54) is 58.2 Å². The third-order valence-electron chi connectivity index (χ3n) is 9.33. The summed E-state index contributed by atoms with van der Waals surface area (Å²) in [6.45, 7) is 12.0. The number of unbranched alkanes of at least 4 members (excludes halogenated alkanes) is 2. The summed E-state index contributed by atoms with van der Waals surface area (Å²) in [6, 6.07) is 30.8. The van der Waals surface area contributed by atoms with Gasteiger partial charge in [-0.15, -0.1) is 0 Å². The lowest BCUT2D eigenvalue weighted by Gasteiger charge is -2.24. The number of aryl methyl sites for hydroxylation is 3. The number of hydrogen-bond acceptors (Lipinski definition) is 5. The summed E-state index contributed by atoms with van der Waals surface area (Å²) in [7, 11) is 0. The van der Waals surface area contributed by atoms with Crippen LogP contribution in [0, 0.1) is 5.41 Å². The monoisotopic (exact) mass is 662 g/mol. The molecular weight excluding hydrogens is 608 g/mol. The molecule has 4 aromatic carbocycles. The van der Waals surface area contributed by atoms with E-state index in [1.54, 1.807) is 6.92 Å². The number of benzene rings is 4. The molecule has 4 aromatic rings. The molecule has 0 spiro atoms. The van der Waals surface area contributed by atoms with Crippen LogP contribution in [0.5, 0.6) is 5.75 Å². The summed E-state index contributed by atoms with van der Waals surface area (Å²) < 4.78 is 11.5. The molecule has 5 nitrogen and oxygen atoms in total. The van der Waals surface area contributed by atoms with Crippen LogP contribution in [0.2, 0.25) is 0 Å². The Kier molecular flexibility index (Phi) is 14.2. The molecule has 5 heteroatoms. The first-order chi connectivity index (χ1) is 23.7. The summed E-state index contributed by atoms with van der Waals surface area (Å²) in [6.07, 6.45) is 7.63. The van der Waals surface area contributed by atoms with Gasteiger partial charge in [0.1, 0.15) is 5.75 Å². The highest BCUT2D eigenvalue weighted by Gasteiger charge is 2.22. The Labute approximate surface area is 293 Å². The maximum absolute atomic E-state index is 11.9. The molecule has 0 fully saturated rings. The van der Waals surface area contributed by atoms with Gasteiger partial charge in [0.05, 0.1) is 26.4 Å². The number of esters is 1. The Morgan fingerprint density at radius 1 is 0.714 bits per heavy atom. The number of carbonyl (C=O) groups excluding carboxylic acids is 1. The van der Waals surface area contributed by atoms with Crippen LogP contribution >= 0.6 is 0 Å². The molecule has 2 N–H and O–H groups in total. The second-order valence-corrected chi connectivity index (χ2v) is 13.5. The van der Waals surface area contributed by atoms with Gasteiger partial charge >= 0.3 is 5.97 Å². The van der Waals surface area contributed by atoms with Crippen LogP contribution in [-0.4, -0.2) is 42.6 Å². The predicted octanol–water partition coefficient (Wildman–Crippen LogP) is 9.79. The molecular formula is C44H54O5. The standard InChI is InChI=1S/C44H54O5/c1-6-8-9-11-33-13-15-35(16-14-33)36-17-19-37(20-18-36)38-21-23-41(34(7-2)28-38)39-22-24-42(48-27-25-44(5,30-45)31-46)40(29-39)12-10-26-49-43(47)32(3)4/h13-24,28-29,45-46H,3,6-12,25-27,30-31H2,1-2,4-5H3. The third-order valence-corrected chi connectivity index (χ3v) is 9.33. The van der Waals surface area contributed by atoms with E-state index in [2.05, 4.69) is 99.3 Å². The molecule has 0 radical (unpaired) electrons. The van der Waals surface area contributed by atoms with Crippen molar-refractivity contribution in [1.29, 1.82) is 0 Å². The fourth-order valence-electron chi connectivity index (χ4n) is 5.89. The Balaban J connectivity index is 1.53. The summed E-state index contributed by atoms with van der Waals surface area (Å²) in [5, 5.41) is 19.4. The summed E-state index contributed by atoms with van der Waals surface area (Å²) >= 11 is 0. The lowest BCUT2D eigenvalue weighted by molar-refractivity contribution is -0.139. The average molecular weight is 663 g/mol. The van der Waals surface area contributed by atoms with Crippen LogP contribution in [-0.2, 0) is 28.8 Å². The van der Waals surface area contributed by atoms with Crippen molar-refractivity contribution in [3.63, 3.8) is 0 Å². The van der Waals surface area contributed by atoms with Gasteiger partial charge in [-0.1, -0.05) is 113 Å². The number of carbonyl (C=O) groups is 1. The highest BCUT2D eigenvalue weighted by atomic mass is 16.5. The molecule has 0 atom stereocenters. The number of ether oxygens (including phenoxy) is 2. The van der Waals surface area contributed by atoms with Gasteiger partial charge in [-0.05, 0) is 108 Å². The fraction of sp³-hybridized carbons (Fsp3) is 0.386. The van der Waals surface area contributed by atoms with E-state index in [-0.39, 0.29) is 19.2 Å². The van der Waals surface area contributed by atoms with E-state index in [0.29, 0.717) is 38.0 Å². The first-order valence-electron chi connectivity index (χ1n) is 17.8. The molecule has 4 rings (SSSR count). The summed E-state index contributed by atoms with van der Waals surface area (Å²) in [5.41, 5.74) is 10.6. The zero-order valence-corrected chi connectivity index (χ0v) is 29.9. The van der Waals surface area contributed by atoms with Gasteiger partial charge in [-0.3, -0.25) is 0 Å². The minimum absolute atomic E-state index is 0.111. The summed E-state index contributed by atoms with van der Waals surface area (Å²) in [4.78, 5) is 11.9. The van der Waals surface area contributed by atoms with Crippen LogP contribution in [0.3, 0.4) is 0 Å². The van der Waals surface area contributed by atoms with Crippen LogP contribution in [0.25, 0.3) is 33.4 Å². The smallest absolute Gasteiger partial charge is 0.333 e. The molecule has 49 heavy (non-hydrogen) atoms. The van der Waals surface area contributed by atoms with Crippen molar-refractivity contribution in [3.8, 4) is 39.1 Å². The molecule has 0 aromatic heterocycles. The highest BCUT2D eigenvalue weighted by molar-refractivity contribution is 5.86. The Bertz CT molecular complexity index is 1650. The van der Waals surface area contributed by atoms with Crippen LogP contribution < -0.4 is 4.74 Å². The molecule has 0 saturated heterocycles. The van der Waals surface area contributed by atoms with Crippen molar-refractivity contribution < 1.29 is 24.5 Å². The van der Waals surface area contributed by atoms with Gasteiger partial charge in [0.25, 0.3) is 0 Å². The van der Waals surface area contributed by atoms with Gasteiger partial charge in [0.15, 0.2) is 0 Å². The zero-order valence-electron chi connectivity index (χ0n) is 29.9. The van der Waals surface area contributed by atoms with Crippen molar-refractivity contribution in [2.75, 3.05) is 26.4 Å². The van der Waals surface area contributed by atoms with Crippen molar-refractivity contribution in [3.05, 3.63) is 114 Å². The lowest BCUT2D eigenvalue weighted by Crippen LogP contribution is -2.28. The van der Waals surface area contributed by atoms with Gasteiger partial charge < -0.3 is 19.7 Å². The molecule has 0 aliphatic carbocycles. The van der Waals surface area contributed by atoms with Gasteiger partial charge in [-0.2, -0.15) is 0 Å². The van der Waals surface area contributed by atoms with Gasteiger partial charge in [-0.25, -0.2) is 4.79 Å². The quantitative estimate of drug-likeness (QED) is 0.0594. The molecule has 0 aliphatic rings. The Hall–Kier alpha value is -4.19. The lowest BCUT2D eigenvalue weighted by atomic mass is 9.89. The van der Waals surface area contributed by atoms with Gasteiger partial charge in [0.2, 0.25) is 0 Å². The van der Waals surface area contributed by atoms with E-state index in [4.69, 9.17) is 9.47 Å². The molecule has 0 saturated carbocycles. The average Bonchev–Trinajstić information content (AvgIpc) is 3.13. The molecule has 0 aliphatic heterocycles. The van der Waals surface area contributed by atoms with Crippen molar-refractivity contribution >= 4 is 5.97 Å². The van der Waals surface area contributed by atoms with E-state index in [9.17, 15) is 15.0 Å². The second-order valence-electron chi connectivity index (χ2n) is 13.5. The Morgan fingerprint density at radius 3 is 1.92 bits per heavy atom. The minimum atomic E-state index is -0.603. The number of aliphatic hydroxyl groups excluding tert-OH is 2. The van der Waals surface area contributed by atoms with E-state index in [0.717, 1.165) is 29.7 Å². The maximum Gasteiger partial charge on any atom is 0.333 e. The fourth-order valence-corrected chi connectivity index (χ4v) is 5.89. The second kappa shape index (κ2) is 18.5. The van der Waals surface area contributed by atoms with Crippen molar-refractivity contribution in [1.82, 2.24) is 0 Å². The van der Waals surface area contributed by atoms with E-state index in [1.807, 2.05) is 13.0 Å². The molecule has 260 valence electrons. The minimum Gasteiger partial charge on any atom is -0.493 e. The van der Waals surface area contributed by atoms with Crippen molar-refractivity contribution in [2.45, 2.75) is 79.1 Å². The van der Waals surface area contributed by atoms with Crippen LogP contribution in [0.4, 0.5) is 0 Å². The highest BCUT2D eigenvalue weighted by Crippen LogP contribution is 2.34. The van der Waals surface area contributed by atoms with E-state index >= 15 is 0 Å². The van der Waals surface area contributed by atoms with Gasteiger partial charge in [0, 0.05) is 11.0 Å². The number of rotatable bonds is 19. The van der Waals surface area contributed by atoms with E-state index < -0.39 is 5.41 Å². The Morgan fingerprint density at radius 2 is 1.31 bits per heavy atom. The first-order valence-corrected chi connectivity index (χ1v) is 17.8. The zero-order chi connectivity index (χ0) is 35.2. The van der Waals surface area contributed by atoms with Crippen LogP contribution in [0.1, 0.15) is 76.5 Å². The maximum atomic E-state index is 11.9. The number of hydrogen-bond donors (Lipinski definition) is 2. The first kappa shape index (κ1) is 37.6. The molecule has 0 bridgehead atoms. The normalized spacial score (nSPS) is 11.4. The van der Waals surface area contributed by atoms with Crippen LogP contribution in [0.15, 0.2) is 97.1 Å². The summed E-state index contributed by atoms with van der Waals surface area (Å²) in [5.74, 6) is 0.376. The predicted molar refractivity (Wildman–Crippen MR) is 202 cm³/mol. The topological polar surface area (TPSA) is 76.0 Å². The number of aliphatic hydroxyl groups is 2.